The van der Waals surface area contributed by atoms with Gasteiger partial charge in [0.15, 0.2) is 0 Å². The van der Waals surface area contributed by atoms with Crippen LogP contribution in [0.1, 0.15) is 12.5 Å². The highest BCUT2D eigenvalue weighted by molar-refractivity contribution is 8.00. The molecule has 1 heterocycles. The van der Waals surface area contributed by atoms with E-state index in [9.17, 15) is 8.42 Å². The van der Waals surface area contributed by atoms with Crippen molar-refractivity contribution in [1.29, 1.82) is 0 Å². The predicted molar refractivity (Wildman–Crippen MR) is 104 cm³/mol. The van der Waals surface area contributed by atoms with Gasteiger partial charge in [0, 0.05) is 34.5 Å². The molecule has 0 aliphatic carbocycles. The summed E-state index contributed by atoms with van der Waals surface area (Å²) in [4.78, 5) is 0.159. The average molecular weight is 393 g/mol. The van der Waals surface area contributed by atoms with Crippen molar-refractivity contribution in [2.75, 3.05) is 19.5 Å². The van der Waals surface area contributed by atoms with Crippen molar-refractivity contribution in [2.24, 2.45) is 4.40 Å². The molecule has 6 nitrogen and oxygen atoms in total. The minimum Gasteiger partial charge on any atom is -0.497 e. The van der Waals surface area contributed by atoms with Crippen LogP contribution in [0.15, 0.2) is 52.4 Å². The lowest BCUT2D eigenvalue weighted by Gasteiger charge is -2.11. The van der Waals surface area contributed by atoms with Crippen molar-refractivity contribution in [2.45, 2.75) is 6.92 Å². The number of rotatable bonds is 4. The molecular weight excluding hydrogens is 376 g/mol. The lowest BCUT2D eigenvalue weighted by molar-refractivity contribution is 0.395. The number of amidine groups is 1. The molecule has 136 valence electrons. The summed E-state index contributed by atoms with van der Waals surface area (Å²) >= 11 is 5.89. The van der Waals surface area contributed by atoms with E-state index in [-0.39, 0.29) is 10.7 Å². The first kappa shape index (κ1) is 18.3. The van der Waals surface area contributed by atoms with E-state index in [4.69, 9.17) is 21.1 Å². The molecule has 0 saturated heterocycles. The Kier molecular flexibility index (Phi) is 4.93. The van der Waals surface area contributed by atoms with Gasteiger partial charge in [0.25, 0.3) is 10.0 Å². The molecule has 0 fully saturated rings. The van der Waals surface area contributed by atoms with Gasteiger partial charge < -0.3 is 14.8 Å². The van der Waals surface area contributed by atoms with Crippen molar-refractivity contribution in [1.82, 2.24) is 0 Å². The first-order chi connectivity index (χ1) is 12.3. The Labute approximate surface area is 157 Å². The zero-order chi connectivity index (χ0) is 18.9. The number of hydrogen-bond acceptors (Lipinski definition) is 5. The van der Waals surface area contributed by atoms with E-state index in [0.717, 1.165) is 0 Å². The van der Waals surface area contributed by atoms with Crippen molar-refractivity contribution >= 4 is 38.1 Å². The molecule has 0 unspecified atom stereocenters. The van der Waals surface area contributed by atoms with Crippen LogP contribution in [-0.2, 0) is 10.0 Å². The van der Waals surface area contributed by atoms with Crippen LogP contribution in [0.2, 0.25) is 5.02 Å². The van der Waals surface area contributed by atoms with Crippen LogP contribution in [0.3, 0.4) is 0 Å². The molecule has 1 aliphatic heterocycles. The van der Waals surface area contributed by atoms with Gasteiger partial charge >= 0.3 is 0 Å². The highest BCUT2D eigenvalue weighted by Gasteiger charge is 2.31. The molecule has 1 aliphatic rings. The highest BCUT2D eigenvalue weighted by atomic mass is 35.5. The van der Waals surface area contributed by atoms with Crippen molar-refractivity contribution in [3.63, 3.8) is 0 Å². The minimum absolute atomic E-state index is 0.159. The quantitative estimate of drug-likeness (QED) is 0.852. The number of benzene rings is 2. The van der Waals surface area contributed by atoms with Gasteiger partial charge in [-0.25, -0.2) is 0 Å². The fourth-order valence-corrected chi connectivity index (χ4v) is 4.19. The third kappa shape index (κ3) is 3.54. The SMILES string of the molecule is COc1cc(NC2=NS(=O)(=O)C(c3ccc(Cl)cc3)=C2C)cc(OC)c1. The standard InChI is InChI=1S/C18H17ClN2O4S/c1-11-17(12-4-6-13(19)7-5-12)26(22,23)21-18(11)20-14-8-15(24-2)10-16(9-14)25-3/h4-10H,1-3H3,(H,20,21). The van der Waals surface area contributed by atoms with Gasteiger partial charge in [-0.15, -0.1) is 4.40 Å². The number of methoxy groups -OCH3 is 2. The van der Waals surface area contributed by atoms with Crippen LogP contribution in [0.25, 0.3) is 4.91 Å². The van der Waals surface area contributed by atoms with E-state index in [2.05, 4.69) is 9.71 Å². The number of nitrogens with zero attached hydrogens (tertiary/aromatic N) is 1. The predicted octanol–water partition coefficient (Wildman–Crippen LogP) is 3.94. The monoisotopic (exact) mass is 392 g/mol. The molecule has 2 aromatic rings. The fraction of sp³-hybridized carbons (Fsp3) is 0.167. The fourth-order valence-electron chi connectivity index (χ4n) is 2.63. The smallest absolute Gasteiger partial charge is 0.285 e. The highest BCUT2D eigenvalue weighted by Crippen LogP contribution is 2.34. The summed E-state index contributed by atoms with van der Waals surface area (Å²) in [6, 6.07) is 11.8. The van der Waals surface area contributed by atoms with Gasteiger partial charge in [0.1, 0.15) is 22.2 Å². The topological polar surface area (TPSA) is 77.0 Å². The Hall–Kier alpha value is -2.51. The molecule has 26 heavy (non-hydrogen) atoms. The van der Waals surface area contributed by atoms with Gasteiger partial charge in [-0.05, 0) is 24.6 Å². The van der Waals surface area contributed by atoms with E-state index < -0.39 is 10.0 Å². The molecule has 8 heteroatoms. The summed E-state index contributed by atoms with van der Waals surface area (Å²) in [6.07, 6.45) is 0. The third-order valence-electron chi connectivity index (χ3n) is 3.89. The first-order valence-electron chi connectivity index (χ1n) is 7.66. The van der Waals surface area contributed by atoms with E-state index in [0.29, 0.717) is 33.3 Å². The van der Waals surface area contributed by atoms with E-state index >= 15 is 0 Å². The summed E-state index contributed by atoms with van der Waals surface area (Å²) in [6.45, 7) is 1.71. The molecular formula is C18H17ClN2O4S. The maximum absolute atomic E-state index is 12.5. The normalized spacial score (nSPS) is 15.6. The summed E-state index contributed by atoms with van der Waals surface area (Å²) in [5.41, 5.74) is 1.66. The number of sulfonamides is 1. The van der Waals surface area contributed by atoms with Crippen LogP contribution in [0.4, 0.5) is 5.69 Å². The van der Waals surface area contributed by atoms with Crippen molar-refractivity contribution < 1.29 is 17.9 Å². The summed E-state index contributed by atoms with van der Waals surface area (Å²) < 4.78 is 39.4. The van der Waals surface area contributed by atoms with E-state index in [1.54, 1.807) is 63.6 Å². The third-order valence-corrected chi connectivity index (χ3v) is 5.62. The van der Waals surface area contributed by atoms with E-state index in [1.165, 1.54) is 0 Å². The second-order valence-electron chi connectivity index (χ2n) is 5.60. The summed E-state index contributed by atoms with van der Waals surface area (Å²) in [7, 11) is -0.720. The minimum atomic E-state index is -3.80. The Bertz CT molecular complexity index is 990. The van der Waals surface area contributed by atoms with Crippen LogP contribution >= 0.6 is 11.6 Å². The number of anilines is 1. The van der Waals surface area contributed by atoms with Crippen LogP contribution in [0.5, 0.6) is 11.5 Å². The van der Waals surface area contributed by atoms with Gasteiger partial charge in [0.2, 0.25) is 0 Å². The Balaban J connectivity index is 2.00. The maximum Gasteiger partial charge on any atom is 0.285 e. The second kappa shape index (κ2) is 7.01. The number of nitrogens with one attached hydrogen (secondary N) is 1. The lowest BCUT2D eigenvalue weighted by atomic mass is 10.1. The molecule has 0 saturated carbocycles. The molecule has 0 amide bonds. The van der Waals surface area contributed by atoms with Crippen LogP contribution in [0, 0.1) is 0 Å². The van der Waals surface area contributed by atoms with Gasteiger partial charge in [-0.2, -0.15) is 8.42 Å². The van der Waals surface area contributed by atoms with Crippen LogP contribution < -0.4 is 14.8 Å². The lowest BCUT2D eigenvalue weighted by Crippen LogP contribution is -2.11. The number of ether oxygens (including phenoxy) is 2. The van der Waals surface area contributed by atoms with E-state index in [1.807, 2.05) is 0 Å². The largest absolute Gasteiger partial charge is 0.497 e. The maximum atomic E-state index is 12.5. The number of halogens is 1. The molecule has 0 radical (unpaired) electrons. The summed E-state index contributed by atoms with van der Waals surface area (Å²) in [5, 5.41) is 3.57. The summed E-state index contributed by atoms with van der Waals surface area (Å²) in [5.74, 6) is 1.41. The van der Waals surface area contributed by atoms with Gasteiger partial charge in [-0.3, -0.25) is 0 Å². The number of hydrogen-bond donors (Lipinski definition) is 1. The first-order valence-corrected chi connectivity index (χ1v) is 9.48. The zero-order valence-electron chi connectivity index (χ0n) is 14.4. The second-order valence-corrected chi connectivity index (χ2v) is 7.58. The molecule has 3 rings (SSSR count). The molecule has 2 aromatic carbocycles. The van der Waals surface area contributed by atoms with Gasteiger partial charge in [-0.1, -0.05) is 23.7 Å². The molecule has 0 spiro atoms. The molecule has 1 N–H and O–H groups in total. The zero-order valence-corrected chi connectivity index (χ0v) is 16.0. The van der Waals surface area contributed by atoms with Crippen LogP contribution in [-0.4, -0.2) is 28.5 Å². The molecule has 0 aromatic heterocycles. The Morgan fingerprint density at radius 2 is 1.58 bits per heavy atom. The van der Waals surface area contributed by atoms with Gasteiger partial charge in [0.05, 0.1) is 14.2 Å². The molecule has 0 atom stereocenters. The van der Waals surface area contributed by atoms with Crippen molar-refractivity contribution in [3.05, 3.63) is 58.6 Å². The average Bonchev–Trinajstić information content (AvgIpc) is 2.84. The Morgan fingerprint density at radius 3 is 2.12 bits per heavy atom. The Morgan fingerprint density at radius 1 is 1.00 bits per heavy atom. The molecule has 0 bridgehead atoms. The van der Waals surface area contributed by atoms with Crippen molar-refractivity contribution in [3.8, 4) is 11.5 Å².